The van der Waals surface area contributed by atoms with Crippen LogP contribution in [0.3, 0.4) is 0 Å². The molecule has 0 fully saturated rings. The van der Waals surface area contributed by atoms with E-state index in [-0.39, 0.29) is 23.1 Å². The van der Waals surface area contributed by atoms with E-state index in [1.54, 1.807) is 37.5 Å². The van der Waals surface area contributed by atoms with Gasteiger partial charge in [-0.05, 0) is 68.7 Å². The Morgan fingerprint density at radius 3 is 2.53 bits per heavy atom. The van der Waals surface area contributed by atoms with Gasteiger partial charge < -0.3 is 15.4 Å². The highest BCUT2D eigenvalue weighted by molar-refractivity contribution is 6.09. The number of benzene rings is 2. The number of hydrogen-bond acceptors (Lipinski definition) is 4. The molecule has 0 saturated carbocycles. The van der Waals surface area contributed by atoms with Crippen LogP contribution >= 0.6 is 0 Å². The van der Waals surface area contributed by atoms with Crippen LogP contribution in [0.4, 0.5) is 5.69 Å². The third kappa shape index (κ3) is 4.90. The van der Waals surface area contributed by atoms with E-state index in [0.29, 0.717) is 11.3 Å². The van der Waals surface area contributed by atoms with Gasteiger partial charge in [0.2, 0.25) is 5.91 Å². The van der Waals surface area contributed by atoms with Crippen molar-refractivity contribution in [1.82, 2.24) is 5.32 Å². The lowest BCUT2D eigenvalue weighted by atomic mass is 9.85. The topological polar surface area (TPSA) is 67.4 Å². The molecule has 0 radical (unpaired) electrons. The summed E-state index contributed by atoms with van der Waals surface area (Å²) in [6.07, 6.45) is 3.29. The average Bonchev–Trinajstić information content (AvgIpc) is 2.72. The molecule has 0 aliphatic carbocycles. The fourth-order valence-corrected chi connectivity index (χ4v) is 3.54. The molecule has 2 aromatic rings. The van der Waals surface area contributed by atoms with Crippen molar-refractivity contribution in [3.05, 3.63) is 65.2 Å². The van der Waals surface area contributed by atoms with E-state index < -0.39 is 0 Å². The standard InChI is InChI=1S/C25H30N2O3/c1-6-16(2)24(29)26-19-10-7-17(8-11-19)23(28)14-22-21-13-20(30-5)12-9-18(21)15-25(3,4)27-22/h7-14,16,27H,6,15H2,1-5H3,(H,26,29). The number of amides is 1. The Morgan fingerprint density at radius 1 is 1.20 bits per heavy atom. The number of anilines is 1. The third-order valence-corrected chi connectivity index (χ3v) is 5.48. The zero-order valence-electron chi connectivity index (χ0n) is 18.3. The predicted octanol–water partition coefficient (Wildman–Crippen LogP) is 4.83. The van der Waals surface area contributed by atoms with Gasteiger partial charge in [0, 0.05) is 40.0 Å². The largest absolute Gasteiger partial charge is 0.497 e. The second-order valence-electron chi connectivity index (χ2n) is 8.51. The predicted molar refractivity (Wildman–Crippen MR) is 121 cm³/mol. The van der Waals surface area contributed by atoms with E-state index in [1.807, 2.05) is 26.0 Å². The lowest BCUT2D eigenvalue weighted by molar-refractivity contribution is -0.119. The summed E-state index contributed by atoms with van der Waals surface area (Å²) in [6.45, 7) is 8.11. The average molecular weight is 407 g/mol. The molecule has 5 nitrogen and oxygen atoms in total. The van der Waals surface area contributed by atoms with E-state index in [1.165, 1.54) is 5.56 Å². The van der Waals surface area contributed by atoms with Gasteiger partial charge in [-0.25, -0.2) is 0 Å². The van der Waals surface area contributed by atoms with E-state index in [9.17, 15) is 9.59 Å². The summed E-state index contributed by atoms with van der Waals surface area (Å²) in [7, 11) is 1.64. The maximum atomic E-state index is 12.9. The molecule has 1 aliphatic heterocycles. The highest BCUT2D eigenvalue weighted by Crippen LogP contribution is 2.32. The van der Waals surface area contributed by atoms with Crippen LogP contribution in [0.1, 0.15) is 55.6 Å². The first kappa shape index (κ1) is 21.6. The molecule has 5 heteroatoms. The summed E-state index contributed by atoms with van der Waals surface area (Å²) < 4.78 is 5.37. The molecule has 2 aromatic carbocycles. The minimum absolute atomic E-state index is 0.0158. The summed E-state index contributed by atoms with van der Waals surface area (Å²) >= 11 is 0. The van der Waals surface area contributed by atoms with Crippen molar-refractivity contribution in [2.75, 3.05) is 12.4 Å². The zero-order valence-corrected chi connectivity index (χ0v) is 18.3. The minimum atomic E-state index is -0.155. The molecule has 1 amide bonds. The lowest BCUT2D eigenvalue weighted by Gasteiger charge is -2.35. The zero-order chi connectivity index (χ0) is 21.9. The SMILES string of the molecule is CCC(C)C(=O)Nc1ccc(C(=O)C=C2NC(C)(C)Cc3ccc(OC)cc32)cc1. The molecule has 0 aromatic heterocycles. The van der Waals surface area contributed by atoms with Crippen molar-refractivity contribution in [1.29, 1.82) is 0 Å². The van der Waals surface area contributed by atoms with Crippen LogP contribution in [0.25, 0.3) is 5.70 Å². The van der Waals surface area contributed by atoms with Crippen molar-refractivity contribution in [2.24, 2.45) is 5.92 Å². The van der Waals surface area contributed by atoms with Gasteiger partial charge in [-0.2, -0.15) is 0 Å². The van der Waals surface area contributed by atoms with Gasteiger partial charge in [-0.15, -0.1) is 0 Å². The third-order valence-electron chi connectivity index (χ3n) is 5.48. The number of methoxy groups -OCH3 is 1. The van der Waals surface area contributed by atoms with Crippen molar-refractivity contribution < 1.29 is 14.3 Å². The molecule has 1 aliphatic rings. The number of hydrogen-bond donors (Lipinski definition) is 2. The summed E-state index contributed by atoms with van der Waals surface area (Å²) in [5, 5.41) is 6.37. The van der Waals surface area contributed by atoms with Gasteiger partial charge in [0.05, 0.1) is 7.11 Å². The summed E-state index contributed by atoms with van der Waals surface area (Å²) in [5.41, 5.74) is 4.06. The molecule has 1 unspecified atom stereocenters. The Balaban J connectivity index is 1.84. The van der Waals surface area contributed by atoms with Gasteiger partial charge in [0.15, 0.2) is 5.78 Å². The molecule has 0 saturated heterocycles. The molecule has 2 N–H and O–H groups in total. The second-order valence-corrected chi connectivity index (χ2v) is 8.51. The number of ether oxygens (including phenoxy) is 1. The first-order valence-electron chi connectivity index (χ1n) is 10.3. The molecule has 3 rings (SSSR count). The second kappa shape index (κ2) is 8.74. The summed E-state index contributed by atoms with van der Waals surface area (Å²) in [4.78, 5) is 25.0. The molecule has 0 bridgehead atoms. The molecule has 30 heavy (non-hydrogen) atoms. The monoisotopic (exact) mass is 406 g/mol. The van der Waals surface area contributed by atoms with Crippen molar-refractivity contribution in [2.45, 2.75) is 46.1 Å². The summed E-state index contributed by atoms with van der Waals surface area (Å²) in [6, 6.07) is 13.0. The Hall–Kier alpha value is -3.08. The normalized spacial score (nSPS) is 16.9. The summed E-state index contributed by atoms with van der Waals surface area (Å²) in [5.74, 6) is 0.602. The first-order chi connectivity index (χ1) is 14.2. The number of nitrogens with one attached hydrogen (secondary N) is 2. The number of allylic oxidation sites excluding steroid dienone is 1. The first-order valence-corrected chi connectivity index (χ1v) is 10.3. The Bertz CT molecular complexity index is 974. The minimum Gasteiger partial charge on any atom is -0.497 e. The van der Waals surface area contributed by atoms with Gasteiger partial charge in [-0.1, -0.05) is 19.9 Å². The maximum absolute atomic E-state index is 12.9. The van der Waals surface area contributed by atoms with Crippen LogP contribution in [0.2, 0.25) is 0 Å². The Labute approximate surface area is 178 Å². The van der Waals surface area contributed by atoms with Crippen molar-refractivity contribution in [3.8, 4) is 5.75 Å². The van der Waals surface area contributed by atoms with Crippen molar-refractivity contribution in [3.63, 3.8) is 0 Å². The van der Waals surface area contributed by atoms with Crippen LogP contribution in [0, 0.1) is 5.92 Å². The number of ketones is 1. The number of carbonyl (C=O) groups excluding carboxylic acids is 2. The lowest BCUT2D eigenvalue weighted by Crippen LogP contribution is -2.43. The fraction of sp³-hybridized carbons (Fsp3) is 0.360. The van der Waals surface area contributed by atoms with Crippen molar-refractivity contribution >= 4 is 23.1 Å². The van der Waals surface area contributed by atoms with Crippen LogP contribution in [0.5, 0.6) is 5.75 Å². The van der Waals surface area contributed by atoms with E-state index in [0.717, 1.165) is 29.9 Å². The fourth-order valence-electron chi connectivity index (χ4n) is 3.54. The highest BCUT2D eigenvalue weighted by Gasteiger charge is 2.28. The molecule has 1 atom stereocenters. The number of fused-ring (bicyclic) bond motifs is 1. The Kier molecular flexibility index (Phi) is 6.30. The van der Waals surface area contributed by atoms with Crippen LogP contribution in [-0.2, 0) is 11.2 Å². The Morgan fingerprint density at radius 2 is 1.90 bits per heavy atom. The van der Waals surface area contributed by atoms with Crippen LogP contribution < -0.4 is 15.4 Å². The molecular weight excluding hydrogens is 376 g/mol. The van der Waals surface area contributed by atoms with Crippen LogP contribution in [-0.4, -0.2) is 24.3 Å². The number of rotatable bonds is 6. The van der Waals surface area contributed by atoms with Crippen LogP contribution in [0.15, 0.2) is 48.5 Å². The van der Waals surface area contributed by atoms with Gasteiger partial charge >= 0.3 is 0 Å². The highest BCUT2D eigenvalue weighted by atomic mass is 16.5. The molecule has 158 valence electrons. The van der Waals surface area contributed by atoms with Gasteiger partial charge in [0.25, 0.3) is 0 Å². The smallest absolute Gasteiger partial charge is 0.227 e. The van der Waals surface area contributed by atoms with Gasteiger partial charge in [-0.3, -0.25) is 9.59 Å². The quantitative estimate of drug-likeness (QED) is 0.533. The molecule has 1 heterocycles. The van der Waals surface area contributed by atoms with E-state index in [4.69, 9.17) is 4.74 Å². The van der Waals surface area contributed by atoms with E-state index >= 15 is 0 Å². The molecule has 0 spiro atoms. The molecular formula is C25H30N2O3. The number of carbonyl (C=O) groups is 2. The van der Waals surface area contributed by atoms with E-state index in [2.05, 4.69) is 30.5 Å². The van der Waals surface area contributed by atoms with Gasteiger partial charge in [0.1, 0.15) is 5.75 Å². The maximum Gasteiger partial charge on any atom is 0.227 e.